The van der Waals surface area contributed by atoms with Gasteiger partial charge in [0.05, 0.1) is 0 Å². The van der Waals surface area contributed by atoms with E-state index in [0.29, 0.717) is 17.9 Å². The molecular weight excluding hydrogens is 1010 g/mol. The average molecular weight is 1140 g/mol. The first kappa shape index (κ1) is 73.4. The van der Waals surface area contributed by atoms with Crippen molar-refractivity contribution in [1.29, 1.82) is 0 Å². The Morgan fingerprint density at radius 1 is 0.354 bits per heavy atom. The van der Waals surface area contributed by atoms with Gasteiger partial charge in [0.15, 0.2) is 0 Å². The van der Waals surface area contributed by atoms with Gasteiger partial charge in [0, 0.05) is 58.4 Å². The molecule has 12 heteroatoms. The number of rotatable bonds is 57. The summed E-state index contributed by atoms with van der Waals surface area (Å²) < 4.78 is 0. The summed E-state index contributed by atoms with van der Waals surface area (Å²) in [6.07, 6.45) is 18.8. The Kier molecular flexibility index (Phi) is 43.3. The lowest BCUT2D eigenvalue weighted by Crippen LogP contribution is -2.39. The van der Waals surface area contributed by atoms with Gasteiger partial charge in [0.2, 0.25) is 0 Å². The number of hydrogen-bond acceptors (Lipinski definition) is 12. The first-order chi connectivity index (χ1) is 39.9. The van der Waals surface area contributed by atoms with Crippen LogP contribution in [0.1, 0.15) is 181 Å². The van der Waals surface area contributed by atoms with E-state index in [2.05, 4.69) is 199 Å². The van der Waals surface area contributed by atoms with Crippen LogP contribution in [-0.4, -0.2) is 130 Å². The van der Waals surface area contributed by atoms with Crippen LogP contribution in [0.25, 0.3) is 11.1 Å². The van der Waals surface area contributed by atoms with Crippen LogP contribution in [0, 0.1) is 22.7 Å². The van der Waals surface area contributed by atoms with E-state index in [1.165, 1.54) is 111 Å². The zero-order valence-electron chi connectivity index (χ0n) is 54.5. The normalized spacial score (nSPS) is 13.0. The van der Waals surface area contributed by atoms with E-state index in [1.54, 1.807) is 0 Å². The molecular formula is C70H130N12. The summed E-state index contributed by atoms with van der Waals surface area (Å²) in [5.74, 6) is 1.34. The van der Waals surface area contributed by atoms with E-state index in [-0.39, 0.29) is 10.8 Å². The van der Waals surface area contributed by atoms with E-state index in [0.717, 1.165) is 170 Å². The summed E-state index contributed by atoms with van der Waals surface area (Å²) in [6.45, 7) is 44.7. The third-order valence-corrected chi connectivity index (χ3v) is 15.5. The largest absolute Gasteiger partial charge is 0.317 e. The van der Waals surface area contributed by atoms with Crippen LogP contribution in [0.5, 0.6) is 0 Å². The zero-order valence-corrected chi connectivity index (χ0v) is 54.5. The topological polar surface area (TPSA) is 144 Å². The van der Waals surface area contributed by atoms with Gasteiger partial charge in [-0.2, -0.15) is 0 Å². The smallest absolute Gasteiger partial charge is 0.0206 e. The monoisotopic (exact) mass is 1140 g/mol. The second-order valence-corrected chi connectivity index (χ2v) is 26.2. The fourth-order valence-corrected chi connectivity index (χ4v) is 10.6. The molecule has 3 aromatic carbocycles. The molecule has 82 heavy (non-hydrogen) atoms. The highest BCUT2D eigenvalue weighted by Gasteiger charge is 2.19. The average Bonchev–Trinajstić information content (AvgIpc) is 3.47. The van der Waals surface area contributed by atoms with Gasteiger partial charge < -0.3 is 63.8 Å². The van der Waals surface area contributed by atoms with Crippen LogP contribution in [-0.2, 0) is 26.2 Å². The van der Waals surface area contributed by atoms with Crippen molar-refractivity contribution in [2.45, 2.75) is 191 Å². The molecule has 2 atom stereocenters. The van der Waals surface area contributed by atoms with E-state index < -0.39 is 0 Å². The van der Waals surface area contributed by atoms with Crippen molar-refractivity contribution in [3.63, 3.8) is 0 Å². The molecule has 0 amide bonds. The number of hydrogen-bond donors (Lipinski definition) is 12. The predicted octanol–water partition coefficient (Wildman–Crippen LogP) is 10.7. The Labute approximate surface area is 505 Å². The molecule has 0 aliphatic rings. The first-order valence-corrected chi connectivity index (χ1v) is 33.7. The van der Waals surface area contributed by atoms with Gasteiger partial charge in [-0.25, -0.2) is 0 Å². The van der Waals surface area contributed by atoms with Crippen LogP contribution in [0.2, 0.25) is 0 Å². The maximum absolute atomic E-state index is 3.96. The quantitative estimate of drug-likeness (QED) is 0.0245. The van der Waals surface area contributed by atoms with Gasteiger partial charge >= 0.3 is 0 Å². The molecule has 470 valence electrons. The fourth-order valence-electron chi connectivity index (χ4n) is 10.6. The second-order valence-electron chi connectivity index (χ2n) is 26.2. The lowest BCUT2D eigenvalue weighted by molar-refractivity contribution is 0.318. The molecule has 12 N–H and O–H groups in total. The second kappa shape index (κ2) is 48.3. The summed E-state index contributed by atoms with van der Waals surface area (Å²) in [7, 11) is 0. The Balaban J connectivity index is 1.26. The highest BCUT2D eigenvalue weighted by atomic mass is 15.0. The van der Waals surface area contributed by atoms with Gasteiger partial charge in [0.1, 0.15) is 0 Å². The molecule has 12 nitrogen and oxygen atoms in total. The lowest BCUT2D eigenvalue weighted by atomic mass is 9.92. The van der Waals surface area contributed by atoms with Crippen molar-refractivity contribution >= 4 is 0 Å². The summed E-state index contributed by atoms with van der Waals surface area (Å²) in [6, 6.07) is 27.6. The Morgan fingerprint density at radius 2 is 0.780 bits per heavy atom. The van der Waals surface area contributed by atoms with Crippen LogP contribution in [0.3, 0.4) is 0 Å². The van der Waals surface area contributed by atoms with E-state index in [4.69, 9.17) is 0 Å². The number of benzene rings is 3. The summed E-state index contributed by atoms with van der Waals surface area (Å²) in [4.78, 5) is 0. The summed E-state index contributed by atoms with van der Waals surface area (Å²) in [5, 5.41) is 44.7. The minimum absolute atomic E-state index is 0.145. The molecule has 0 fully saturated rings. The minimum atomic E-state index is 0.145. The highest BCUT2D eigenvalue weighted by molar-refractivity contribution is 5.65. The molecule has 0 bridgehead atoms. The van der Waals surface area contributed by atoms with E-state index in [9.17, 15) is 0 Å². The maximum atomic E-state index is 3.96. The highest BCUT2D eigenvalue weighted by Crippen LogP contribution is 2.24. The molecule has 0 heterocycles. The SMILES string of the molecule is CCCCCCNCCCNCCCNCc1cccc(CNCCCNCCC(CC(C)CNCCCNCC(C)(C)CNCc2cc(CNCC(C)(C)CNCCCNCC(C)C)cc(-c3ccccc3)c2)NCCCCCC)c1. The van der Waals surface area contributed by atoms with Gasteiger partial charge in [-0.15, -0.1) is 0 Å². The predicted molar refractivity (Wildman–Crippen MR) is 359 cm³/mol. The third-order valence-electron chi connectivity index (χ3n) is 15.5. The molecule has 0 aromatic heterocycles. The molecule has 0 spiro atoms. The van der Waals surface area contributed by atoms with Crippen molar-refractivity contribution in [3.8, 4) is 11.1 Å². The van der Waals surface area contributed by atoms with Crippen LogP contribution in [0.15, 0.2) is 72.8 Å². The maximum Gasteiger partial charge on any atom is 0.0206 e. The van der Waals surface area contributed by atoms with Crippen molar-refractivity contribution in [1.82, 2.24) is 63.8 Å². The third kappa shape index (κ3) is 40.5. The summed E-state index contributed by atoms with van der Waals surface area (Å²) >= 11 is 0. The molecule has 0 aliphatic heterocycles. The number of unbranched alkanes of at least 4 members (excludes halogenated alkanes) is 6. The van der Waals surface area contributed by atoms with E-state index >= 15 is 0 Å². The van der Waals surface area contributed by atoms with Crippen molar-refractivity contribution in [2.24, 2.45) is 22.7 Å². The zero-order chi connectivity index (χ0) is 59.0. The molecule has 3 rings (SSSR count). The Hall–Kier alpha value is -2.82. The number of nitrogens with one attached hydrogen (secondary N) is 12. The minimum Gasteiger partial charge on any atom is -0.317 e. The molecule has 0 radical (unpaired) electrons. The van der Waals surface area contributed by atoms with Crippen LogP contribution < -0.4 is 63.8 Å². The van der Waals surface area contributed by atoms with Crippen LogP contribution >= 0.6 is 0 Å². The molecule has 0 saturated carbocycles. The van der Waals surface area contributed by atoms with Gasteiger partial charge in [0.25, 0.3) is 0 Å². The van der Waals surface area contributed by atoms with Gasteiger partial charge in [-0.05, 0) is 224 Å². The first-order valence-electron chi connectivity index (χ1n) is 33.7. The molecule has 0 saturated heterocycles. The Morgan fingerprint density at radius 3 is 1.30 bits per heavy atom. The Bertz CT molecular complexity index is 1910. The van der Waals surface area contributed by atoms with Crippen molar-refractivity contribution in [2.75, 3.05) is 124 Å². The van der Waals surface area contributed by atoms with Crippen LogP contribution in [0.4, 0.5) is 0 Å². The van der Waals surface area contributed by atoms with Gasteiger partial charge in [-0.1, -0.05) is 162 Å². The molecule has 0 aliphatic carbocycles. The van der Waals surface area contributed by atoms with E-state index in [1.807, 2.05) is 0 Å². The van der Waals surface area contributed by atoms with Gasteiger partial charge in [-0.3, -0.25) is 0 Å². The van der Waals surface area contributed by atoms with Crippen molar-refractivity contribution < 1.29 is 0 Å². The standard InChI is InChI=1S/C70H130N12/c1-10-12-14-19-32-71-33-22-34-72-35-23-39-76-52-62-27-21-28-63(46-62)53-77-40-24-36-73-44-31-68(82-43-20-15-13-11-2)45-61(5)51-75-38-26-42-79-57-70(8,9)59-81-55-65-47-64(48-67(49-65)66-29-17-16-18-30-66)54-80-58-69(6,7)56-78-41-25-37-74-50-60(3)4/h16-18,21,27-30,46-49,60-61,68,71-82H,10-15,19-20,22-26,31-45,50-59H2,1-9H3. The molecule has 2 unspecified atom stereocenters. The van der Waals surface area contributed by atoms with Crippen molar-refractivity contribution in [3.05, 3.63) is 95.1 Å². The summed E-state index contributed by atoms with van der Waals surface area (Å²) in [5.41, 5.74) is 8.30. The fraction of sp³-hybridized carbons (Fsp3) is 0.743. The lowest BCUT2D eigenvalue weighted by Gasteiger charge is -2.26. The molecule has 3 aromatic rings.